The number of aromatic carboxylic acids is 1. The van der Waals surface area contributed by atoms with E-state index in [1.807, 2.05) is 30.3 Å². The van der Waals surface area contributed by atoms with Crippen LogP contribution in [0.25, 0.3) is 0 Å². The van der Waals surface area contributed by atoms with E-state index >= 15 is 0 Å². The van der Waals surface area contributed by atoms with Crippen molar-refractivity contribution in [3.63, 3.8) is 0 Å². The largest absolute Gasteiger partial charge is 0.478 e. The summed E-state index contributed by atoms with van der Waals surface area (Å²) >= 11 is 0. The van der Waals surface area contributed by atoms with Gasteiger partial charge in [0, 0.05) is 29.9 Å². The van der Waals surface area contributed by atoms with Gasteiger partial charge < -0.3 is 15.3 Å². The molecule has 1 aliphatic heterocycles. The molecule has 2 N–H and O–H groups in total. The summed E-state index contributed by atoms with van der Waals surface area (Å²) < 4.78 is 41.8. The van der Waals surface area contributed by atoms with Crippen LogP contribution in [0.4, 0.5) is 18.9 Å². The van der Waals surface area contributed by atoms with Crippen molar-refractivity contribution in [1.29, 1.82) is 0 Å². The molecule has 35 heavy (non-hydrogen) atoms. The zero-order chi connectivity index (χ0) is 25.3. The number of rotatable bonds is 5. The molecule has 3 aromatic rings. The predicted molar refractivity (Wildman–Crippen MR) is 119 cm³/mol. The first kappa shape index (κ1) is 24.0. The number of hydrogen-bond acceptors (Lipinski definition) is 4. The van der Waals surface area contributed by atoms with E-state index in [4.69, 9.17) is 5.11 Å². The first-order valence-corrected chi connectivity index (χ1v) is 10.7. The average Bonchev–Trinajstić information content (AvgIpc) is 3.13. The van der Waals surface area contributed by atoms with Crippen molar-refractivity contribution in [2.75, 3.05) is 11.9 Å². The van der Waals surface area contributed by atoms with Gasteiger partial charge in [-0.3, -0.25) is 14.3 Å². The Morgan fingerprint density at radius 2 is 1.74 bits per heavy atom. The fourth-order valence-corrected chi connectivity index (χ4v) is 4.15. The SMILES string of the molecule is Cc1c2c(nn1Cc1ccccc1)CCN(C(=O)C(F)(F)F)C2C(=O)Nc1ccc(C(=O)O)cc1. The highest BCUT2D eigenvalue weighted by atomic mass is 19.4. The quantitative estimate of drug-likeness (QED) is 0.574. The number of alkyl halides is 3. The van der Waals surface area contributed by atoms with Crippen LogP contribution in [-0.4, -0.2) is 50.3 Å². The third-order valence-electron chi connectivity index (χ3n) is 5.83. The number of anilines is 1. The van der Waals surface area contributed by atoms with Crippen LogP contribution in [0, 0.1) is 6.92 Å². The maximum absolute atomic E-state index is 13.4. The van der Waals surface area contributed by atoms with Crippen LogP contribution in [-0.2, 0) is 22.6 Å². The number of carboxylic acid groups (broad SMARTS) is 1. The number of carbonyl (C=O) groups excluding carboxylic acids is 2. The normalized spacial score (nSPS) is 15.4. The highest BCUT2D eigenvalue weighted by molar-refractivity contribution is 5.99. The van der Waals surface area contributed by atoms with Crippen LogP contribution in [0.5, 0.6) is 0 Å². The van der Waals surface area contributed by atoms with Crippen LogP contribution in [0.2, 0.25) is 0 Å². The molecule has 1 unspecified atom stereocenters. The molecule has 1 aliphatic rings. The fourth-order valence-electron chi connectivity index (χ4n) is 4.15. The van der Waals surface area contributed by atoms with Crippen molar-refractivity contribution in [2.24, 2.45) is 0 Å². The van der Waals surface area contributed by atoms with Crippen molar-refractivity contribution < 1.29 is 32.7 Å². The number of nitrogens with one attached hydrogen (secondary N) is 1. The summed E-state index contributed by atoms with van der Waals surface area (Å²) in [5, 5.41) is 16.1. The van der Waals surface area contributed by atoms with Gasteiger partial charge >= 0.3 is 18.1 Å². The van der Waals surface area contributed by atoms with Gasteiger partial charge in [-0.1, -0.05) is 30.3 Å². The van der Waals surface area contributed by atoms with Gasteiger partial charge in [0.1, 0.15) is 6.04 Å². The molecule has 8 nitrogen and oxygen atoms in total. The summed E-state index contributed by atoms with van der Waals surface area (Å²) in [6.07, 6.45) is -5.09. The highest BCUT2D eigenvalue weighted by Crippen LogP contribution is 2.36. The minimum Gasteiger partial charge on any atom is -0.478 e. The maximum Gasteiger partial charge on any atom is 0.471 e. The molecular weight excluding hydrogens is 465 g/mol. The molecule has 1 atom stereocenters. The molecule has 2 aromatic carbocycles. The summed E-state index contributed by atoms with van der Waals surface area (Å²) in [7, 11) is 0. The Bertz CT molecular complexity index is 1270. The lowest BCUT2D eigenvalue weighted by Crippen LogP contribution is -2.50. The van der Waals surface area contributed by atoms with Crippen LogP contribution < -0.4 is 5.32 Å². The number of carboxylic acids is 1. The van der Waals surface area contributed by atoms with E-state index in [9.17, 15) is 27.6 Å². The zero-order valence-electron chi connectivity index (χ0n) is 18.5. The molecule has 182 valence electrons. The van der Waals surface area contributed by atoms with Gasteiger partial charge in [-0.2, -0.15) is 18.3 Å². The van der Waals surface area contributed by atoms with Gasteiger partial charge in [0.05, 0.1) is 17.8 Å². The highest BCUT2D eigenvalue weighted by Gasteiger charge is 2.49. The van der Waals surface area contributed by atoms with Gasteiger partial charge in [0.15, 0.2) is 0 Å². The summed E-state index contributed by atoms with van der Waals surface area (Å²) in [4.78, 5) is 37.1. The van der Waals surface area contributed by atoms with Crippen molar-refractivity contribution >= 4 is 23.5 Å². The summed E-state index contributed by atoms with van der Waals surface area (Å²) in [6.45, 7) is 1.67. The Kier molecular flexibility index (Phi) is 6.33. The van der Waals surface area contributed by atoms with Crippen molar-refractivity contribution in [3.8, 4) is 0 Å². The second-order valence-electron chi connectivity index (χ2n) is 8.11. The van der Waals surface area contributed by atoms with E-state index in [0.29, 0.717) is 22.8 Å². The fraction of sp³-hybridized carbons (Fsp3) is 0.250. The Balaban J connectivity index is 1.71. The lowest BCUT2D eigenvalue weighted by atomic mass is 9.95. The number of fused-ring (bicyclic) bond motifs is 1. The smallest absolute Gasteiger partial charge is 0.471 e. The van der Waals surface area contributed by atoms with Crippen LogP contribution >= 0.6 is 0 Å². The summed E-state index contributed by atoms with van der Waals surface area (Å²) in [5.74, 6) is -4.13. The molecule has 0 radical (unpaired) electrons. The zero-order valence-corrected chi connectivity index (χ0v) is 18.5. The first-order valence-electron chi connectivity index (χ1n) is 10.7. The predicted octanol–water partition coefficient (Wildman–Crippen LogP) is 3.56. The second-order valence-corrected chi connectivity index (χ2v) is 8.11. The van der Waals surface area contributed by atoms with E-state index in [1.165, 1.54) is 24.3 Å². The third kappa shape index (κ3) is 4.88. The number of halogens is 3. The second kappa shape index (κ2) is 9.24. The summed E-state index contributed by atoms with van der Waals surface area (Å²) in [6, 6.07) is 12.9. The Hall–Kier alpha value is -4.15. The molecule has 0 spiro atoms. The number of aromatic nitrogens is 2. The monoisotopic (exact) mass is 486 g/mol. The van der Waals surface area contributed by atoms with Gasteiger partial charge in [0.2, 0.25) is 0 Å². The van der Waals surface area contributed by atoms with Crippen LogP contribution in [0.3, 0.4) is 0 Å². The summed E-state index contributed by atoms with van der Waals surface area (Å²) in [5.41, 5.74) is 2.26. The topological polar surface area (TPSA) is 105 Å². The Labute approximate surface area is 198 Å². The van der Waals surface area contributed by atoms with Crippen molar-refractivity contribution in [3.05, 3.63) is 82.7 Å². The van der Waals surface area contributed by atoms with E-state index in [0.717, 1.165) is 5.56 Å². The molecule has 2 heterocycles. The molecular formula is C24H21F3N4O4. The lowest BCUT2D eigenvalue weighted by Gasteiger charge is -2.35. The van der Waals surface area contributed by atoms with E-state index in [-0.39, 0.29) is 29.8 Å². The maximum atomic E-state index is 13.4. The minimum absolute atomic E-state index is 0.0186. The molecule has 1 aromatic heterocycles. The standard InChI is InChI=1S/C24H21F3N4O4/c1-14-19-18(29-31(14)13-15-5-3-2-4-6-15)11-12-30(23(35)24(25,26)27)20(19)21(32)28-17-9-7-16(8-10-17)22(33)34/h2-10,20H,11-13H2,1H3,(H,28,32)(H,33,34). The third-order valence-corrected chi connectivity index (χ3v) is 5.83. The number of carbonyl (C=O) groups is 3. The molecule has 0 aliphatic carbocycles. The molecule has 0 fully saturated rings. The average molecular weight is 486 g/mol. The van der Waals surface area contributed by atoms with Crippen LogP contribution in [0.15, 0.2) is 54.6 Å². The van der Waals surface area contributed by atoms with Gasteiger partial charge in [0.25, 0.3) is 5.91 Å². The number of nitrogens with zero attached hydrogens (tertiary/aromatic N) is 3. The van der Waals surface area contributed by atoms with Gasteiger partial charge in [-0.05, 0) is 36.8 Å². The van der Waals surface area contributed by atoms with E-state index < -0.39 is 30.0 Å². The Morgan fingerprint density at radius 3 is 2.34 bits per heavy atom. The van der Waals surface area contributed by atoms with Crippen LogP contribution in [0.1, 0.15) is 38.9 Å². The minimum atomic E-state index is -5.16. The number of benzene rings is 2. The van der Waals surface area contributed by atoms with Gasteiger partial charge in [-0.25, -0.2) is 4.79 Å². The Morgan fingerprint density at radius 1 is 1.09 bits per heavy atom. The van der Waals surface area contributed by atoms with Crippen molar-refractivity contribution in [2.45, 2.75) is 32.1 Å². The van der Waals surface area contributed by atoms with E-state index in [2.05, 4.69) is 10.4 Å². The molecule has 0 saturated heterocycles. The molecule has 2 amide bonds. The number of amides is 2. The molecule has 0 bridgehead atoms. The molecule has 4 rings (SSSR count). The molecule has 0 saturated carbocycles. The molecule has 11 heteroatoms. The number of hydrogen-bond donors (Lipinski definition) is 2. The van der Waals surface area contributed by atoms with Crippen molar-refractivity contribution in [1.82, 2.24) is 14.7 Å². The van der Waals surface area contributed by atoms with E-state index in [1.54, 1.807) is 11.6 Å². The van der Waals surface area contributed by atoms with Gasteiger partial charge in [-0.15, -0.1) is 0 Å². The first-order chi connectivity index (χ1) is 16.6. The lowest BCUT2D eigenvalue weighted by molar-refractivity contribution is -0.188.